The molecule has 0 bridgehead atoms. The van der Waals surface area contributed by atoms with Crippen molar-refractivity contribution in [3.8, 4) is 5.75 Å². The van der Waals surface area contributed by atoms with E-state index >= 15 is 0 Å². The Morgan fingerprint density at radius 2 is 1.96 bits per heavy atom. The fourth-order valence-corrected chi connectivity index (χ4v) is 3.02. The molecule has 2 aromatic carbocycles. The normalized spacial score (nSPS) is 11.8. The van der Waals surface area contributed by atoms with Gasteiger partial charge in [0.2, 0.25) is 0 Å². The lowest BCUT2D eigenvalue weighted by atomic mass is 10.1. The zero-order valence-electron chi connectivity index (χ0n) is 14.4. The van der Waals surface area contributed by atoms with Gasteiger partial charge in [-0.2, -0.15) is 0 Å². The van der Waals surface area contributed by atoms with Crippen molar-refractivity contribution in [2.45, 2.75) is 13.0 Å². The van der Waals surface area contributed by atoms with Gasteiger partial charge >= 0.3 is 0 Å². The Morgan fingerprint density at radius 1 is 1.24 bits per heavy atom. The lowest BCUT2D eigenvalue weighted by Crippen LogP contribution is -3.08. The molecule has 25 heavy (non-hydrogen) atoms. The van der Waals surface area contributed by atoms with Crippen molar-refractivity contribution in [1.29, 1.82) is 0 Å². The number of rotatable bonds is 8. The first-order valence-corrected chi connectivity index (χ1v) is 8.92. The van der Waals surface area contributed by atoms with E-state index in [1.807, 2.05) is 25.2 Å². The Hall–Kier alpha value is -1.92. The quantitative estimate of drug-likeness (QED) is 0.699. The van der Waals surface area contributed by atoms with Crippen LogP contribution in [0, 0.1) is 5.82 Å². The highest BCUT2D eigenvalue weighted by Gasteiger charge is 2.13. The number of benzene rings is 2. The van der Waals surface area contributed by atoms with Crippen LogP contribution >= 0.6 is 15.9 Å². The van der Waals surface area contributed by atoms with Crippen LogP contribution in [-0.4, -0.2) is 33.2 Å². The predicted molar refractivity (Wildman–Crippen MR) is 99.3 cm³/mol. The molecule has 4 nitrogen and oxygen atoms in total. The summed E-state index contributed by atoms with van der Waals surface area (Å²) in [5.74, 6) is 0.564. The van der Waals surface area contributed by atoms with Crippen molar-refractivity contribution < 1.29 is 18.8 Å². The van der Waals surface area contributed by atoms with Gasteiger partial charge in [-0.1, -0.05) is 28.1 Å². The maximum absolute atomic E-state index is 12.9. The van der Waals surface area contributed by atoms with Gasteiger partial charge < -0.3 is 15.0 Å². The van der Waals surface area contributed by atoms with Gasteiger partial charge in [0.1, 0.15) is 18.1 Å². The topological polar surface area (TPSA) is 42.8 Å². The molecule has 1 unspecified atom stereocenters. The Morgan fingerprint density at radius 3 is 2.64 bits per heavy atom. The Labute approximate surface area is 156 Å². The highest BCUT2D eigenvalue weighted by Crippen LogP contribution is 2.22. The van der Waals surface area contributed by atoms with Crippen molar-refractivity contribution in [3.05, 3.63) is 63.9 Å². The molecule has 1 atom stereocenters. The highest BCUT2D eigenvalue weighted by atomic mass is 79.9. The molecule has 134 valence electrons. The van der Waals surface area contributed by atoms with E-state index in [-0.39, 0.29) is 11.7 Å². The molecular formula is C19H23BrFN2O2+. The minimum Gasteiger partial charge on any atom is -0.496 e. The number of amides is 1. The molecule has 0 spiro atoms. The van der Waals surface area contributed by atoms with Gasteiger partial charge in [-0.25, -0.2) is 4.39 Å². The maximum atomic E-state index is 12.9. The van der Waals surface area contributed by atoms with E-state index in [1.54, 1.807) is 19.2 Å². The third-order valence-electron chi connectivity index (χ3n) is 3.85. The molecule has 0 aliphatic carbocycles. The van der Waals surface area contributed by atoms with Crippen molar-refractivity contribution in [2.24, 2.45) is 0 Å². The van der Waals surface area contributed by atoms with E-state index in [0.717, 1.165) is 26.2 Å². The van der Waals surface area contributed by atoms with Crippen molar-refractivity contribution in [3.63, 3.8) is 0 Å². The second kappa shape index (κ2) is 9.53. The Balaban J connectivity index is 1.78. The third kappa shape index (κ3) is 6.48. The summed E-state index contributed by atoms with van der Waals surface area (Å²) in [7, 11) is 3.62. The summed E-state index contributed by atoms with van der Waals surface area (Å²) in [5.41, 5.74) is 2.05. The maximum Gasteiger partial charge on any atom is 0.275 e. The zero-order valence-corrected chi connectivity index (χ0v) is 16.0. The number of methoxy groups -OCH3 is 1. The minimum absolute atomic E-state index is 0.00595. The first-order chi connectivity index (χ1) is 12.0. The van der Waals surface area contributed by atoms with E-state index in [0.29, 0.717) is 26.1 Å². The molecule has 2 aromatic rings. The van der Waals surface area contributed by atoms with Gasteiger partial charge in [0, 0.05) is 16.6 Å². The molecule has 0 radical (unpaired) electrons. The van der Waals surface area contributed by atoms with E-state index < -0.39 is 0 Å². The number of likely N-dealkylation sites (N-methyl/N-ethyl adjacent to an activating group) is 1. The number of nitrogens with one attached hydrogen (secondary N) is 2. The summed E-state index contributed by atoms with van der Waals surface area (Å²) >= 11 is 3.46. The molecule has 0 saturated heterocycles. The van der Waals surface area contributed by atoms with E-state index in [1.165, 1.54) is 12.1 Å². The summed E-state index contributed by atoms with van der Waals surface area (Å²) in [6.07, 6.45) is 0.685. The van der Waals surface area contributed by atoms with Gasteiger partial charge in [0.15, 0.2) is 6.54 Å². The smallest absolute Gasteiger partial charge is 0.275 e. The second-order valence-corrected chi connectivity index (χ2v) is 6.91. The average molecular weight is 410 g/mol. The van der Waals surface area contributed by atoms with Crippen molar-refractivity contribution in [1.82, 2.24) is 5.32 Å². The van der Waals surface area contributed by atoms with Crippen LogP contribution in [0.5, 0.6) is 5.75 Å². The molecule has 2 N–H and O–H groups in total. The molecule has 6 heteroatoms. The SMILES string of the molecule is COc1ccc(Br)cc1C[NH+](C)CC(=O)NCCc1ccc(F)cc1. The number of quaternary nitrogens is 1. The zero-order chi connectivity index (χ0) is 18.2. The van der Waals surface area contributed by atoms with Gasteiger partial charge in [-0.05, 0) is 42.3 Å². The monoisotopic (exact) mass is 409 g/mol. The average Bonchev–Trinajstić information content (AvgIpc) is 2.57. The van der Waals surface area contributed by atoms with Gasteiger partial charge in [0.25, 0.3) is 5.91 Å². The second-order valence-electron chi connectivity index (χ2n) is 5.99. The lowest BCUT2D eigenvalue weighted by Gasteiger charge is -2.16. The number of carbonyl (C=O) groups is 1. The molecule has 0 saturated carbocycles. The molecule has 0 aliphatic rings. The lowest BCUT2D eigenvalue weighted by molar-refractivity contribution is -0.885. The van der Waals surface area contributed by atoms with Crippen LogP contribution in [0.15, 0.2) is 46.9 Å². The minimum atomic E-state index is -0.249. The van der Waals surface area contributed by atoms with E-state index in [2.05, 4.69) is 21.2 Å². The number of ether oxygens (including phenoxy) is 1. The molecule has 0 fully saturated rings. The molecule has 2 rings (SSSR count). The molecular weight excluding hydrogens is 387 g/mol. The van der Waals surface area contributed by atoms with Crippen LogP contribution in [0.4, 0.5) is 4.39 Å². The summed E-state index contributed by atoms with van der Waals surface area (Å²) < 4.78 is 19.2. The van der Waals surface area contributed by atoms with Crippen LogP contribution in [-0.2, 0) is 17.8 Å². The predicted octanol–water partition coefficient (Wildman–Crippen LogP) is 1.97. The van der Waals surface area contributed by atoms with Crippen molar-refractivity contribution in [2.75, 3.05) is 27.2 Å². The summed E-state index contributed by atoms with van der Waals surface area (Å²) in [6.45, 7) is 1.60. The fraction of sp³-hybridized carbons (Fsp3) is 0.316. The summed E-state index contributed by atoms with van der Waals surface area (Å²) in [4.78, 5) is 13.1. The summed E-state index contributed by atoms with van der Waals surface area (Å²) in [5, 5.41) is 2.91. The standard InChI is InChI=1S/C19H22BrFN2O2/c1-23(12-15-11-16(20)5-8-18(15)25-2)13-19(24)22-10-9-14-3-6-17(21)7-4-14/h3-8,11H,9-10,12-13H2,1-2H3,(H,22,24)/p+1. The fourth-order valence-electron chi connectivity index (χ4n) is 2.61. The molecule has 0 heterocycles. The Bertz CT molecular complexity index is 707. The van der Waals surface area contributed by atoms with Crippen LogP contribution < -0.4 is 15.0 Å². The number of hydrogen-bond donors (Lipinski definition) is 2. The van der Waals surface area contributed by atoms with E-state index in [4.69, 9.17) is 4.74 Å². The molecule has 0 aromatic heterocycles. The Kier molecular flexibility index (Phi) is 7.40. The van der Waals surface area contributed by atoms with Crippen LogP contribution in [0.25, 0.3) is 0 Å². The number of hydrogen-bond acceptors (Lipinski definition) is 2. The summed E-state index contributed by atoms with van der Waals surface area (Å²) in [6, 6.07) is 12.2. The van der Waals surface area contributed by atoms with Crippen LogP contribution in [0.3, 0.4) is 0 Å². The largest absolute Gasteiger partial charge is 0.496 e. The molecule has 1 amide bonds. The first-order valence-electron chi connectivity index (χ1n) is 8.13. The number of carbonyl (C=O) groups excluding carboxylic acids is 1. The highest BCUT2D eigenvalue weighted by molar-refractivity contribution is 9.10. The van der Waals surface area contributed by atoms with Gasteiger partial charge in [0.05, 0.1) is 14.2 Å². The van der Waals surface area contributed by atoms with Crippen LogP contribution in [0.1, 0.15) is 11.1 Å². The van der Waals surface area contributed by atoms with E-state index in [9.17, 15) is 9.18 Å². The molecule has 0 aliphatic heterocycles. The first kappa shape index (κ1) is 19.4. The van der Waals surface area contributed by atoms with Gasteiger partial charge in [-0.3, -0.25) is 4.79 Å². The van der Waals surface area contributed by atoms with Gasteiger partial charge in [-0.15, -0.1) is 0 Å². The van der Waals surface area contributed by atoms with Crippen molar-refractivity contribution >= 4 is 21.8 Å². The third-order valence-corrected chi connectivity index (χ3v) is 4.34. The number of halogens is 2. The van der Waals surface area contributed by atoms with Crippen LogP contribution in [0.2, 0.25) is 0 Å².